The summed E-state index contributed by atoms with van der Waals surface area (Å²) in [4.78, 5) is 11.4. The third kappa shape index (κ3) is 4.11. The summed E-state index contributed by atoms with van der Waals surface area (Å²) in [6.45, 7) is 3.91. The number of benzene rings is 1. The predicted molar refractivity (Wildman–Crippen MR) is 57.7 cm³/mol. The standard InChI is InChI=1S/C12H14F2O3/c1-8(2)16-6-7-17-12(15)9-4-3-5-10(13)11(9)14/h3-5,8H,6-7H2,1-2H3. The lowest BCUT2D eigenvalue weighted by Gasteiger charge is -2.08. The van der Waals surface area contributed by atoms with E-state index in [1.165, 1.54) is 12.1 Å². The minimum atomic E-state index is -1.19. The minimum Gasteiger partial charge on any atom is -0.460 e. The summed E-state index contributed by atoms with van der Waals surface area (Å²) in [5.74, 6) is -3.16. The highest BCUT2D eigenvalue weighted by molar-refractivity contribution is 5.89. The van der Waals surface area contributed by atoms with Crippen LogP contribution in [0.1, 0.15) is 24.2 Å². The number of rotatable bonds is 5. The van der Waals surface area contributed by atoms with Crippen LogP contribution in [0.4, 0.5) is 8.78 Å². The van der Waals surface area contributed by atoms with Gasteiger partial charge in [-0.3, -0.25) is 0 Å². The highest BCUT2D eigenvalue weighted by Crippen LogP contribution is 2.12. The zero-order chi connectivity index (χ0) is 12.8. The Morgan fingerprint density at radius 3 is 2.65 bits per heavy atom. The fraction of sp³-hybridized carbons (Fsp3) is 0.417. The fourth-order valence-corrected chi connectivity index (χ4v) is 1.16. The van der Waals surface area contributed by atoms with E-state index in [1.807, 2.05) is 13.8 Å². The molecule has 0 saturated carbocycles. The van der Waals surface area contributed by atoms with Crippen molar-refractivity contribution in [3.8, 4) is 0 Å². The van der Waals surface area contributed by atoms with Crippen LogP contribution in [0, 0.1) is 11.6 Å². The lowest BCUT2D eigenvalue weighted by molar-refractivity contribution is 0.0173. The van der Waals surface area contributed by atoms with Gasteiger partial charge in [0.15, 0.2) is 11.6 Å². The van der Waals surface area contributed by atoms with Crippen LogP contribution < -0.4 is 0 Å². The van der Waals surface area contributed by atoms with Gasteiger partial charge >= 0.3 is 5.97 Å². The Balaban J connectivity index is 2.50. The third-order valence-electron chi connectivity index (χ3n) is 1.94. The molecule has 17 heavy (non-hydrogen) atoms. The van der Waals surface area contributed by atoms with Crippen LogP contribution >= 0.6 is 0 Å². The first-order chi connectivity index (χ1) is 8.02. The highest BCUT2D eigenvalue weighted by Gasteiger charge is 2.16. The highest BCUT2D eigenvalue weighted by atomic mass is 19.2. The molecule has 0 fully saturated rings. The molecule has 0 N–H and O–H groups in total. The molecule has 0 saturated heterocycles. The molecule has 0 atom stereocenters. The van der Waals surface area contributed by atoms with Crippen molar-refractivity contribution >= 4 is 5.97 Å². The second-order valence-corrected chi connectivity index (χ2v) is 3.66. The maximum atomic E-state index is 13.2. The summed E-state index contributed by atoms with van der Waals surface area (Å²) in [6.07, 6.45) is 0.0274. The molecule has 3 nitrogen and oxygen atoms in total. The van der Waals surface area contributed by atoms with Crippen molar-refractivity contribution in [3.63, 3.8) is 0 Å². The molecule has 0 bridgehead atoms. The van der Waals surface area contributed by atoms with Gasteiger partial charge in [0.25, 0.3) is 0 Å². The maximum Gasteiger partial charge on any atom is 0.341 e. The number of carbonyl (C=O) groups is 1. The van der Waals surface area contributed by atoms with Crippen LogP contribution in [0.2, 0.25) is 0 Å². The SMILES string of the molecule is CC(C)OCCOC(=O)c1cccc(F)c1F. The van der Waals surface area contributed by atoms with E-state index in [9.17, 15) is 13.6 Å². The quantitative estimate of drug-likeness (QED) is 0.590. The molecule has 1 aromatic rings. The second-order valence-electron chi connectivity index (χ2n) is 3.66. The van der Waals surface area contributed by atoms with E-state index in [2.05, 4.69) is 0 Å². The summed E-state index contributed by atoms with van der Waals surface area (Å²) in [5, 5.41) is 0. The van der Waals surface area contributed by atoms with Gasteiger partial charge in [-0.05, 0) is 26.0 Å². The molecule has 1 aromatic carbocycles. The number of halogens is 2. The first-order valence-corrected chi connectivity index (χ1v) is 5.25. The number of carbonyl (C=O) groups excluding carboxylic acids is 1. The zero-order valence-electron chi connectivity index (χ0n) is 9.70. The van der Waals surface area contributed by atoms with Crippen molar-refractivity contribution in [3.05, 3.63) is 35.4 Å². The molecular formula is C12H14F2O3. The molecule has 1 rings (SSSR count). The lowest BCUT2D eigenvalue weighted by Crippen LogP contribution is -2.14. The number of hydrogen-bond acceptors (Lipinski definition) is 3. The largest absolute Gasteiger partial charge is 0.460 e. The van der Waals surface area contributed by atoms with Crippen LogP contribution in [0.5, 0.6) is 0 Å². The van der Waals surface area contributed by atoms with E-state index < -0.39 is 23.2 Å². The third-order valence-corrected chi connectivity index (χ3v) is 1.94. The van der Waals surface area contributed by atoms with Crippen LogP contribution in [0.25, 0.3) is 0 Å². The number of ether oxygens (including phenoxy) is 2. The summed E-state index contributed by atoms with van der Waals surface area (Å²) >= 11 is 0. The monoisotopic (exact) mass is 244 g/mol. The van der Waals surface area contributed by atoms with Crippen molar-refractivity contribution in [2.75, 3.05) is 13.2 Å². The van der Waals surface area contributed by atoms with Gasteiger partial charge in [0.2, 0.25) is 0 Å². The van der Waals surface area contributed by atoms with E-state index in [0.717, 1.165) is 6.07 Å². The van der Waals surface area contributed by atoms with Gasteiger partial charge < -0.3 is 9.47 Å². The summed E-state index contributed by atoms with van der Waals surface area (Å²) < 4.78 is 35.9. The van der Waals surface area contributed by atoms with E-state index in [-0.39, 0.29) is 19.3 Å². The van der Waals surface area contributed by atoms with Crippen LogP contribution in [0.3, 0.4) is 0 Å². The molecule has 0 aliphatic carbocycles. The van der Waals surface area contributed by atoms with Crippen molar-refractivity contribution in [2.45, 2.75) is 20.0 Å². The van der Waals surface area contributed by atoms with Crippen molar-refractivity contribution in [2.24, 2.45) is 0 Å². The van der Waals surface area contributed by atoms with Gasteiger partial charge in [0, 0.05) is 0 Å². The van der Waals surface area contributed by atoms with Crippen molar-refractivity contribution in [1.82, 2.24) is 0 Å². The molecule has 0 spiro atoms. The molecule has 0 heterocycles. The molecule has 0 amide bonds. The number of esters is 1. The fourth-order valence-electron chi connectivity index (χ4n) is 1.16. The van der Waals surface area contributed by atoms with Gasteiger partial charge in [-0.2, -0.15) is 0 Å². The van der Waals surface area contributed by atoms with E-state index in [1.54, 1.807) is 0 Å². The molecule has 0 unspecified atom stereocenters. The van der Waals surface area contributed by atoms with Gasteiger partial charge in [-0.15, -0.1) is 0 Å². The Morgan fingerprint density at radius 1 is 1.29 bits per heavy atom. The van der Waals surface area contributed by atoms with Gasteiger partial charge in [-0.1, -0.05) is 6.07 Å². The van der Waals surface area contributed by atoms with Crippen molar-refractivity contribution in [1.29, 1.82) is 0 Å². The average Bonchev–Trinajstić information content (AvgIpc) is 2.27. The van der Waals surface area contributed by atoms with Gasteiger partial charge in [0.1, 0.15) is 6.61 Å². The molecule has 0 aliphatic heterocycles. The smallest absolute Gasteiger partial charge is 0.341 e. The molecular weight excluding hydrogens is 230 g/mol. The van der Waals surface area contributed by atoms with E-state index >= 15 is 0 Å². The van der Waals surface area contributed by atoms with Crippen LogP contribution in [0.15, 0.2) is 18.2 Å². The molecule has 0 aromatic heterocycles. The maximum absolute atomic E-state index is 13.2. The first kappa shape index (κ1) is 13.6. The Labute approximate surface area is 98.3 Å². The van der Waals surface area contributed by atoms with Crippen LogP contribution in [-0.4, -0.2) is 25.3 Å². The molecule has 0 aliphatic rings. The predicted octanol–water partition coefficient (Wildman–Crippen LogP) is 2.55. The van der Waals surface area contributed by atoms with Gasteiger partial charge in [0.05, 0.1) is 18.3 Å². The average molecular weight is 244 g/mol. The Morgan fingerprint density at radius 2 is 2.00 bits per heavy atom. The second kappa shape index (κ2) is 6.30. The number of hydrogen-bond donors (Lipinski definition) is 0. The van der Waals surface area contributed by atoms with Crippen molar-refractivity contribution < 1.29 is 23.0 Å². The summed E-state index contributed by atoms with van der Waals surface area (Å²) in [5.41, 5.74) is -0.408. The Bertz CT molecular complexity index is 391. The molecule has 0 radical (unpaired) electrons. The summed E-state index contributed by atoms with van der Waals surface area (Å²) in [7, 11) is 0. The zero-order valence-corrected chi connectivity index (χ0v) is 9.70. The van der Waals surface area contributed by atoms with E-state index in [4.69, 9.17) is 9.47 Å². The topological polar surface area (TPSA) is 35.5 Å². The minimum absolute atomic E-state index is 0.00691. The Hall–Kier alpha value is -1.49. The normalized spacial score (nSPS) is 10.6. The molecule has 5 heteroatoms. The Kier molecular flexibility index (Phi) is 5.03. The van der Waals surface area contributed by atoms with E-state index in [0.29, 0.717) is 0 Å². The van der Waals surface area contributed by atoms with Gasteiger partial charge in [-0.25, -0.2) is 13.6 Å². The first-order valence-electron chi connectivity index (χ1n) is 5.25. The lowest BCUT2D eigenvalue weighted by atomic mass is 10.2. The summed E-state index contributed by atoms with van der Waals surface area (Å²) in [6, 6.07) is 3.36. The molecule has 94 valence electrons. The van der Waals surface area contributed by atoms with Crippen LogP contribution in [-0.2, 0) is 9.47 Å².